The molecule has 0 aromatic carbocycles. The summed E-state index contributed by atoms with van der Waals surface area (Å²) >= 11 is 0. The van der Waals surface area contributed by atoms with Gasteiger partial charge in [0.2, 0.25) is 0 Å². The molecule has 3 heteroatoms. The second-order valence-corrected chi connectivity index (χ2v) is 3.81. The normalized spacial score (nSPS) is 17.1. The number of hydrogen-bond donors (Lipinski definition) is 1. The van der Waals surface area contributed by atoms with E-state index in [-0.39, 0.29) is 0 Å². The zero-order chi connectivity index (χ0) is 9.42. The molecule has 13 heavy (non-hydrogen) atoms. The standard InChI is InChI=1S/C10H15N3/c1-6-7(2)12-10(13-9(6)11)8-4-3-5-8/h8H,3-5H2,1-2H3,(H2,11,12,13). The number of rotatable bonds is 1. The van der Waals surface area contributed by atoms with E-state index >= 15 is 0 Å². The van der Waals surface area contributed by atoms with Gasteiger partial charge in [-0.3, -0.25) is 0 Å². The molecule has 2 N–H and O–H groups in total. The van der Waals surface area contributed by atoms with Crippen molar-refractivity contribution in [3.8, 4) is 0 Å². The third kappa shape index (κ3) is 1.39. The maximum atomic E-state index is 5.79. The van der Waals surface area contributed by atoms with Crippen LogP contribution in [0.4, 0.5) is 5.82 Å². The molecule has 0 unspecified atom stereocenters. The summed E-state index contributed by atoms with van der Waals surface area (Å²) in [5.74, 6) is 2.17. The van der Waals surface area contributed by atoms with Crippen molar-refractivity contribution in [3.05, 3.63) is 17.1 Å². The van der Waals surface area contributed by atoms with Gasteiger partial charge in [-0.05, 0) is 26.7 Å². The summed E-state index contributed by atoms with van der Waals surface area (Å²) in [6.07, 6.45) is 3.75. The monoisotopic (exact) mass is 177 g/mol. The molecule has 0 spiro atoms. The Morgan fingerprint density at radius 1 is 1.23 bits per heavy atom. The number of anilines is 1. The quantitative estimate of drug-likeness (QED) is 0.713. The van der Waals surface area contributed by atoms with Gasteiger partial charge in [0.05, 0.1) is 0 Å². The van der Waals surface area contributed by atoms with E-state index in [2.05, 4.69) is 9.97 Å². The van der Waals surface area contributed by atoms with Gasteiger partial charge in [-0.2, -0.15) is 0 Å². The lowest BCUT2D eigenvalue weighted by Crippen LogP contribution is -2.15. The van der Waals surface area contributed by atoms with Gasteiger partial charge in [-0.25, -0.2) is 9.97 Å². The van der Waals surface area contributed by atoms with Crippen LogP contribution in [0.3, 0.4) is 0 Å². The van der Waals surface area contributed by atoms with E-state index in [0.29, 0.717) is 11.7 Å². The topological polar surface area (TPSA) is 51.8 Å². The van der Waals surface area contributed by atoms with Crippen molar-refractivity contribution in [2.75, 3.05) is 5.73 Å². The summed E-state index contributed by atoms with van der Waals surface area (Å²) in [6, 6.07) is 0. The lowest BCUT2D eigenvalue weighted by Gasteiger charge is -2.24. The summed E-state index contributed by atoms with van der Waals surface area (Å²) in [5, 5.41) is 0. The van der Waals surface area contributed by atoms with Crippen LogP contribution in [0.25, 0.3) is 0 Å². The van der Waals surface area contributed by atoms with Crippen molar-refractivity contribution in [1.29, 1.82) is 0 Å². The smallest absolute Gasteiger partial charge is 0.134 e. The lowest BCUT2D eigenvalue weighted by molar-refractivity contribution is 0.401. The molecule has 0 saturated heterocycles. The van der Waals surface area contributed by atoms with Crippen LogP contribution in [0.5, 0.6) is 0 Å². The summed E-state index contributed by atoms with van der Waals surface area (Å²) < 4.78 is 0. The zero-order valence-corrected chi connectivity index (χ0v) is 8.17. The van der Waals surface area contributed by atoms with E-state index < -0.39 is 0 Å². The van der Waals surface area contributed by atoms with Crippen molar-refractivity contribution < 1.29 is 0 Å². The number of aromatic nitrogens is 2. The summed E-state index contributed by atoms with van der Waals surface area (Å²) in [7, 11) is 0. The van der Waals surface area contributed by atoms with Crippen molar-refractivity contribution in [3.63, 3.8) is 0 Å². The van der Waals surface area contributed by atoms with Gasteiger partial charge in [0, 0.05) is 17.2 Å². The second kappa shape index (κ2) is 2.98. The van der Waals surface area contributed by atoms with Crippen LogP contribution in [0, 0.1) is 13.8 Å². The highest BCUT2D eigenvalue weighted by molar-refractivity contribution is 5.41. The predicted octanol–water partition coefficient (Wildman–Crippen LogP) is 1.94. The number of aryl methyl sites for hydroxylation is 1. The molecule has 2 rings (SSSR count). The fraction of sp³-hybridized carbons (Fsp3) is 0.600. The minimum Gasteiger partial charge on any atom is -0.383 e. The molecule has 0 amide bonds. The van der Waals surface area contributed by atoms with Gasteiger partial charge in [0.15, 0.2) is 0 Å². The molecule has 0 aliphatic heterocycles. The maximum absolute atomic E-state index is 5.79. The Hall–Kier alpha value is -1.12. The number of nitrogens with two attached hydrogens (primary N) is 1. The molecular formula is C10H15N3. The van der Waals surface area contributed by atoms with Crippen molar-refractivity contribution in [2.24, 2.45) is 0 Å². The SMILES string of the molecule is Cc1nc(C2CCC2)nc(N)c1C. The molecule has 0 radical (unpaired) electrons. The van der Waals surface area contributed by atoms with Crippen LogP contribution in [0.2, 0.25) is 0 Å². The van der Waals surface area contributed by atoms with Gasteiger partial charge in [-0.15, -0.1) is 0 Å². The van der Waals surface area contributed by atoms with Crippen molar-refractivity contribution in [1.82, 2.24) is 9.97 Å². The van der Waals surface area contributed by atoms with Crippen LogP contribution >= 0.6 is 0 Å². The van der Waals surface area contributed by atoms with Crippen LogP contribution in [-0.2, 0) is 0 Å². The Bertz CT molecular complexity index is 306. The van der Waals surface area contributed by atoms with Crippen molar-refractivity contribution in [2.45, 2.75) is 39.0 Å². The summed E-state index contributed by atoms with van der Waals surface area (Å²) in [4.78, 5) is 8.79. The number of hydrogen-bond acceptors (Lipinski definition) is 3. The maximum Gasteiger partial charge on any atom is 0.134 e. The van der Waals surface area contributed by atoms with Crippen LogP contribution < -0.4 is 5.73 Å². The van der Waals surface area contributed by atoms with E-state index in [0.717, 1.165) is 17.1 Å². The minimum atomic E-state index is 0.571. The van der Waals surface area contributed by atoms with Crippen LogP contribution in [0.15, 0.2) is 0 Å². The Morgan fingerprint density at radius 2 is 1.92 bits per heavy atom. The number of nitrogen functional groups attached to an aromatic ring is 1. The van der Waals surface area contributed by atoms with Gasteiger partial charge < -0.3 is 5.73 Å². The minimum absolute atomic E-state index is 0.571. The van der Waals surface area contributed by atoms with E-state index in [9.17, 15) is 0 Å². The third-order valence-electron chi connectivity index (χ3n) is 2.91. The van der Waals surface area contributed by atoms with Crippen LogP contribution in [0.1, 0.15) is 42.3 Å². The number of nitrogens with zero attached hydrogens (tertiary/aromatic N) is 2. The first-order valence-corrected chi connectivity index (χ1v) is 4.79. The Balaban J connectivity index is 2.37. The molecule has 1 aliphatic carbocycles. The Labute approximate surface area is 78.4 Å². The lowest BCUT2D eigenvalue weighted by atomic mass is 9.85. The first-order valence-electron chi connectivity index (χ1n) is 4.79. The van der Waals surface area contributed by atoms with Gasteiger partial charge in [0.25, 0.3) is 0 Å². The molecule has 1 saturated carbocycles. The first kappa shape index (κ1) is 8.48. The molecule has 70 valence electrons. The molecule has 0 atom stereocenters. The summed E-state index contributed by atoms with van der Waals surface area (Å²) in [5.41, 5.74) is 7.83. The fourth-order valence-corrected chi connectivity index (χ4v) is 1.52. The molecule has 1 aromatic rings. The van der Waals surface area contributed by atoms with Crippen LogP contribution in [-0.4, -0.2) is 9.97 Å². The summed E-state index contributed by atoms with van der Waals surface area (Å²) in [6.45, 7) is 3.96. The second-order valence-electron chi connectivity index (χ2n) is 3.81. The molecule has 0 bridgehead atoms. The first-order chi connectivity index (χ1) is 6.18. The van der Waals surface area contributed by atoms with E-state index in [1.165, 1.54) is 19.3 Å². The van der Waals surface area contributed by atoms with Crippen molar-refractivity contribution >= 4 is 5.82 Å². The third-order valence-corrected chi connectivity index (χ3v) is 2.91. The zero-order valence-electron chi connectivity index (χ0n) is 8.17. The fourth-order valence-electron chi connectivity index (χ4n) is 1.52. The highest BCUT2D eigenvalue weighted by atomic mass is 15.0. The average Bonchev–Trinajstić information content (AvgIpc) is 1.96. The van der Waals surface area contributed by atoms with Gasteiger partial charge >= 0.3 is 0 Å². The molecule has 1 fully saturated rings. The molecular weight excluding hydrogens is 162 g/mol. The average molecular weight is 177 g/mol. The Kier molecular flexibility index (Phi) is 1.94. The largest absolute Gasteiger partial charge is 0.383 e. The van der Waals surface area contributed by atoms with Gasteiger partial charge in [0.1, 0.15) is 11.6 Å². The molecule has 1 aromatic heterocycles. The van der Waals surface area contributed by atoms with E-state index in [1.54, 1.807) is 0 Å². The molecule has 1 aliphatic rings. The van der Waals surface area contributed by atoms with Gasteiger partial charge in [-0.1, -0.05) is 6.42 Å². The van der Waals surface area contributed by atoms with E-state index in [1.807, 2.05) is 13.8 Å². The highest BCUT2D eigenvalue weighted by Crippen LogP contribution is 2.34. The predicted molar refractivity (Wildman–Crippen MR) is 52.5 cm³/mol. The Morgan fingerprint density at radius 3 is 2.38 bits per heavy atom. The highest BCUT2D eigenvalue weighted by Gasteiger charge is 2.23. The molecule has 3 nitrogen and oxygen atoms in total. The molecule has 1 heterocycles. The van der Waals surface area contributed by atoms with E-state index in [4.69, 9.17) is 5.73 Å².